The fourth-order valence-electron chi connectivity index (χ4n) is 2.61. The van der Waals surface area contributed by atoms with Gasteiger partial charge in [-0.25, -0.2) is 4.39 Å². The second-order valence-electron chi connectivity index (χ2n) is 5.00. The lowest BCUT2D eigenvalue weighted by Crippen LogP contribution is -2.45. The van der Waals surface area contributed by atoms with E-state index in [1.54, 1.807) is 12.1 Å². The number of likely N-dealkylation sites (N-methyl/N-ethyl adjacent to an activating group) is 1. The molecular weight excluding hydrogens is 313 g/mol. The van der Waals surface area contributed by atoms with Crippen molar-refractivity contribution < 1.29 is 4.39 Å². The SMILES string of the molecule is CCC1SCCSC1C(Cc1ccc(Cl)c(F)c1)NC. The first-order valence-corrected chi connectivity index (χ1v) is 9.47. The van der Waals surface area contributed by atoms with Crippen LogP contribution in [0.15, 0.2) is 18.2 Å². The highest BCUT2D eigenvalue weighted by molar-refractivity contribution is 8.07. The van der Waals surface area contributed by atoms with Gasteiger partial charge in [0, 0.05) is 28.0 Å². The minimum Gasteiger partial charge on any atom is -0.316 e. The van der Waals surface area contributed by atoms with Crippen molar-refractivity contribution in [1.29, 1.82) is 0 Å². The van der Waals surface area contributed by atoms with Crippen LogP contribution in [0, 0.1) is 5.82 Å². The van der Waals surface area contributed by atoms with Crippen molar-refractivity contribution in [3.63, 3.8) is 0 Å². The lowest BCUT2D eigenvalue weighted by Gasteiger charge is -2.36. The second-order valence-corrected chi connectivity index (χ2v) is 8.04. The third-order valence-corrected chi connectivity index (χ3v) is 7.41. The Bertz CT molecular complexity index is 444. The Kier molecular flexibility index (Phi) is 6.53. The number of benzene rings is 1. The Morgan fingerprint density at radius 3 is 2.80 bits per heavy atom. The van der Waals surface area contributed by atoms with E-state index < -0.39 is 0 Å². The fraction of sp³-hybridized carbons (Fsp3) is 0.600. The highest BCUT2D eigenvalue weighted by Crippen LogP contribution is 2.36. The zero-order valence-corrected chi connectivity index (χ0v) is 14.3. The average molecular weight is 334 g/mol. The summed E-state index contributed by atoms with van der Waals surface area (Å²) in [6.45, 7) is 2.26. The van der Waals surface area contributed by atoms with Crippen molar-refractivity contribution in [3.05, 3.63) is 34.6 Å². The zero-order chi connectivity index (χ0) is 14.5. The molecule has 1 fully saturated rings. The summed E-state index contributed by atoms with van der Waals surface area (Å²) in [5.41, 5.74) is 1.01. The summed E-state index contributed by atoms with van der Waals surface area (Å²) < 4.78 is 13.6. The van der Waals surface area contributed by atoms with Crippen LogP contribution in [-0.4, -0.2) is 35.1 Å². The molecular formula is C15H21ClFNS2. The first kappa shape index (κ1) is 16.5. The maximum atomic E-state index is 13.6. The molecule has 5 heteroatoms. The maximum Gasteiger partial charge on any atom is 0.142 e. The van der Waals surface area contributed by atoms with Gasteiger partial charge in [0.15, 0.2) is 0 Å². The monoisotopic (exact) mass is 333 g/mol. The lowest BCUT2D eigenvalue weighted by atomic mass is 10.00. The normalized spacial score (nSPS) is 24.6. The molecule has 1 aliphatic rings. The van der Waals surface area contributed by atoms with E-state index in [2.05, 4.69) is 35.8 Å². The van der Waals surface area contributed by atoms with Crippen LogP contribution in [-0.2, 0) is 6.42 Å². The van der Waals surface area contributed by atoms with Crippen molar-refractivity contribution in [1.82, 2.24) is 5.32 Å². The molecule has 0 radical (unpaired) electrons. The van der Waals surface area contributed by atoms with Gasteiger partial charge < -0.3 is 5.32 Å². The van der Waals surface area contributed by atoms with Gasteiger partial charge in [0.2, 0.25) is 0 Å². The molecule has 0 amide bonds. The first-order valence-electron chi connectivity index (χ1n) is 7.00. The molecule has 1 heterocycles. The van der Waals surface area contributed by atoms with Crippen LogP contribution >= 0.6 is 35.1 Å². The average Bonchev–Trinajstić information content (AvgIpc) is 2.48. The van der Waals surface area contributed by atoms with Crippen LogP contribution in [0.4, 0.5) is 4.39 Å². The number of hydrogen-bond donors (Lipinski definition) is 1. The summed E-state index contributed by atoms with van der Waals surface area (Å²) >= 11 is 9.87. The third kappa shape index (κ3) is 4.06. The molecule has 3 atom stereocenters. The Balaban J connectivity index is 2.09. The quantitative estimate of drug-likeness (QED) is 0.865. The van der Waals surface area contributed by atoms with Crippen LogP contribution in [0.1, 0.15) is 18.9 Å². The molecule has 0 spiro atoms. The van der Waals surface area contributed by atoms with Gasteiger partial charge in [-0.1, -0.05) is 24.6 Å². The van der Waals surface area contributed by atoms with E-state index in [1.165, 1.54) is 17.9 Å². The molecule has 3 unspecified atom stereocenters. The largest absolute Gasteiger partial charge is 0.316 e. The molecule has 112 valence electrons. The van der Waals surface area contributed by atoms with E-state index in [-0.39, 0.29) is 10.8 Å². The zero-order valence-electron chi connectivity index (χ0n) is 11.9. The van der Waals surface area contributed by atoms with Gasteiger partial charge in [-0.3, -0.25) is 0 Å². The third-order valence-electron chi connectivity index (χ3n) is 3.70. The van der Waals surface area contributed by atoms with Crippen LogP contribution in [0.5, 0.6) is 0 Å². The van der Waals surface area contributed by atoms with Crippen molar-refractivity contribution >= 4 is 35.1 Å². The molecule has 20 heavy (non-hydrogen) atoms. The molecule has 1 saturated heterocycles. The lowest BCUT2D eigenvalue weighted by molar-refractivity contribution is 0.515. The van der Waals surface area contributed by atoms with E-state index in [1.807, 2.05) is 13.1 Å². The summed E-state index contributed by atoms with van der Waals surface area (Å²) in [6.07, 6.45) is 2.04. The highest BCUT2D eigenvalue weighted by Gasteiger charge is 2.31. The molecule has 2 rings (SSSR count). The molecule has 0 saturated carbocycles. The van der Waals surface area contributed by atoms with Gasteiger partial charge >= 0.3 is 0 Å². The Hall–Kier alpha value is 0.1000. The van der Waals surface area contributed by atoms with E-state index in [4.69, 9.17) is 11.6 Å². The van der Waals surface area contributed by atoms with Gasteiger partial charge in [-0.05, 0) is 37.6 Å². The molecule has 1 nitrogen and oxygen atoms in total. The predicted molar refractivity (Wildman–Crippen MR) is 90.7 cm³/mol. The number of hydrogen-bond acceptors (Lipinski definition) is 3. The maximum absolute atomic E-state index is 13.6. The number of rotatable bonds is 5. The Morgan fingerprint density at radius 1 is 1.40 bits per heavy atom. The molecule has 0 aromatic heterocycles. The summed E-state index contributed by atoms with van der Waals surface area (Å²) in [5.74, 6) is 2.13. The molecule has 0 bridgehead atoms. The van der Waals surface area contributed by atoms with Gasteiger partial charge in [-0.15, -0.1) is 0 Å². The minimum atomic E-state index is -0.322. The summed E-state index contributed by atoms with van der Waals surface area (Å²) in [5, 5.41) is 4.90. The van der Waals surface area contributed by atoms with Crippen molar-refractivity contribution in [2.75, 3.05) is 18.6 Å². The number of nitrogens with one attached hydrogen (secondary N) is 1. The van der Waals surface area contributed by atoms with E-state index in [0.717, 1.165) is 12.0 Å². The highest BCUT2D eigenvalue weighted by atomic mass is 35.5. The van der Waals surface area contributed by atoms with Crippen molar-refractivity contribution in [2.24, 2.45) is 0 Å². The summed E-state index contributed by atoms with van der Waals surface area (Å²) in [4.78, 5) is 0. The van der Waals surface area contributed by atoms with Crippen LogP contribution in [0.2, 0.25) is 5.02 Å². The van der Waals surface area contributed by atoms with Gasteiger partial charge in [0.1, 0.15) is 5.82 Å². The van der Waals surface area contributed by atoms with Gasteiger partial charge in [-0.2, -0.15) is 23.5 Å². The number of halogens is 2. The molecule has 1 aromatic rings. The smallest absolute Gasteiger partial charge is 0.142 e. The number of thioether (sulfide) groups is 2. The molecule has 1 aromatic carbocycles. The predicted octanol–water partition coefficient (Wildman–Crippen LogP) is 4.24. The van der Waals surface area contributed by atoms with Crippen LogP contribution in [0.25, 0.3) is 0 Å². The standard InChI is InChI=1S/C15H21ClFNS2/c1-3-14-15(20-7-6-19-14)13(18-2)9-10-4-5-11(16)12(17)8-10/h4-5,8,13-15,18H,3,6-7,9H2,1-2H3. The van der Waals surface area contributed by atoms with E-state index >= 15 is 0 Å². The van der Waals surface area contributed by atoms with E-state index in [0.29, 0.717) is 16.5 Å². The second kappa shape index (κ2) is 7.92. The van der Waals surface area contributed by atoms with E-state index in [9.17, 15) is 4.39 Å². The van der Waals surface area contributed by atoms with Gasteiger partial charge in [0.05, 0.1) is 5.02 Å². The Labute approximate surface area is 134 Å². The van der Waals surface area contributed by atoms with Crippen LogP contribution in [0.3, 0.4) is 0 Å². The van der Waals surface area contributed by atoms with Crippen LogP contribution < -0.4 is 5.32 Å². The molecule has 1 N–H and O–H groups in total. The van der Waals surface area contributed by atoms with Gasteiger partial charge in [0.25, 0.3) is 0 Å². The summed E-state index contributed by atoms with van der Waals surface area (Å²) in [7, 11) is 2.00. The van der Waals surface area contributed by atoms with Crippen molar-refractivity contribution in [3.8, 4) is 0 Å². The topological polar surface area (TPSA) is 12.0 Å². The fourth-order valence-corrected chi connectivity index (χ4v) is 6.03. The first-order chi connectivity index (χ1) is 9.65. The molecule has 1 aliphatic heterocycles. The summed E-state index contributed by atoms with van der Waals surface area (Å²) in [6, 6.07) is 5.52. The molecule has 0 aliphatic carbocycles. The minimum absolute atomic E-state index is 0.198. The van der Waals surface area contributed by atoms with Crippen molar-refractivity contribution in [2.45, 2.75) is 36.3 Å². The Morgan fingerprint density at radius 2 is 2.15 bits per heavy atom.